The predicted molar refractivity (Wildman–Crippen MR) is 107 cm³/mol. The van der Waals surface area contributed by atoms with Gasteiger partial charge in [0, 0.05) is 17.2 Å². The van der Waals surface area contributed by atoms with Gasteiger partial charge < -0.3 is 20.7 Å². The Hall–Kier alpha value is -3.01. The van der Waals surface area contributed by atoms with Gasteiger partial charge in [0.05, 0.1) is 11.5 Å². The van der Waals surface area contributed by atoms with Crippen LogP contribution in [0.25, 0.3) is 0 Å². The van der Waals surface area contributed by atoms with E-state index in [1.165, 1.54) is 6.92 Å². The van der Waals surface area contributed by atoms with Gasteiger partial charge in [-0.25, -0.2) is 4.98 Å². The molecule has 0 unspecified atom stereocenters. The number of aromatic amines is 1. The maximum Gasteiger partial charge on any atom is 0.308 e. The monoisotopic (exact) mass is 462 g/mol. The summed E-state index contributed by atoms with van der Waals surface area (Å²) in [6, 6.07) is 7.58. The summed E-state index contributed by atoms with van der Waals surface area (Å²) in [7, 11) is 0. The summed E-state index contributed by atoms with van der Waals surface area (Å²) in [6.45, 7) is 1.32. The second-order valence-electron chi connectivity index (χ2n) is 6.97. The highest BCUT2D eigenvalue weighted by Gasteiger charge is 2.46. The molecular weight excluding hydrogens is 444 g/mol. The highest BCUT2D eigenvalue weighted by molar-refractivity contribution is 9.10. The lowest BCUT2D eigenvalue weighted by Crippen LogP contribution is -2.39. The molecule has 1 aromatic carbocycles. The molecule has 1 aliphatic rings. The minimum Gasteiger partial charge on any atom is -0.481 e. The van der Waals surface area contributed by atoms with E-state index in [0.717, 1.165) is 29.1 Å². The molecule has 4 N–H and O–H groups in total. The van der Waals surface area contributed by atoms with Crippen molar-refractivity contribution in [3.8, 4) is 0 Å². The number of carboxylic acid groups (broad SMARTS) is 1. The number of nitrogens with zero attached hydrogens (tertiary/aromatic N) is 1. The third kappa shape index (κ3) is 4.70. The van der Waals surface area contributed by atoms with Gasteiger partial charge in [0.2, 0.25) is 0 Å². The number of carboxylic acids is 1. The maximum atomic E-state index is 12.6. The number of hydrogen-bond donors (Lipinski definition) is 4. The molecule has 1 aromatic heterocycles. The second kappa shape index (κ2) is 8.16. The lowest BCUT2D eigenvalue weighted by Gasteiger charge is -2.18. The largest absolute Gasteiger partial charge is 0.481 e. The Labute approximate surface area is 174 Å². The van der Waals surface area contributed by atoms with E-state index in [1.807, 2.05) is 24.3 Å². The van der Waals surface area contributed by atoms with Crippen molar-refractivity contribution in [1.29, 1.82) is 0 Å². The summed E-state index contributed by atoms with van der Waals surface area (Å²) in [6.07, 6.45) is 2.56. The fourth-order valence-electron chi connectivity index (χ4n) is 2.75. The first kappa shape index (κ1) is 20.7. The van der Waals surface area contributed by atoms with Crippen LogP contribution in [0.15, 0.2) is 39.7 Å². The van der Waals surface area contributed by atoms with Crippen LogP contribution >= 0.6 is 15.9 Å². The number of halogens is 1. The minimum absolute atomic E-state index is 0.115. The molecule has 1 atom stereocenters. The normalized spacial score (nSPS) is 15.2. The zero-order chi connectivity index (χ0) is 21.2. The van der Waals surface area contributed by atoms with Crippen molar-refractivity contribution in [2.24, 2.45) is 5.92 Å². The number of H-pyrrole nitrogens is 1. The van der Waals surface area contributed by atoms with Crippen LogP contribution in [0, 0.1) is 5.92 Å². The topological polar surface area (TPSA) is 141 Å². The first-order valence-electron chi connectivity index (χ1n) is 8.91. The molecule has 0 radical (unpaired) electrons. The number of aromatic nitrogens is 2. The van der Waals surface area contributed by atoms with Crippen LogP contribution in [-0.2, 0) is 10.3 Å². The highest BCUT2D eigenvalue weighted by Crippen LogP contribution is 2.45. The molecule has 0 saturated heterocycles. The summed E-state index contributed by atoms with van der Waals surface area (Å²) in [5.74, 6) is -3.44. The number of benzene rings is 1. The first-order chi connectivity index (χ1) is 13.7. The van der Waals surface area contributed by atoms with Gasteiger partial charge >= 0.3 is 5.97 Å². The van der Waals surface area contributed by atoms with Crippen LogP contribution in [0.4, 0.5) is 0 Å². The van der Waals surface area contributed by atoms with E-state index in [9.17, 15) is 19.2 Å². The number of amides is 2. The van der Waals surface area contributed by atoms with E-state index in [1.54, 1.807) is 0 Å². The van der Waals surface area contributed by atoms with Gasteiger partial charge in [0.25, 0.3) is 17.4 Å². The number of carbonyl (C=O) groups is 3. The summed E-state index contributed by atoms with van der Waals surface area (Å²) in [5, 5.41) is 14.1. The van der Waals surface area contributed by atoms with Crippen LogP contribution in [0.3, 0.4) is 0 Å². The Balaban J connectivity index is 1.69. The molecule has 1 aliphatic carbocycles. The minimum atomic E-state index is -1.06. The molecule has 0 spiro atoms. The molecule has 9 nitrogen and oxygen atoms in total. The fraction of sp³-hybridized carbons (Fsp3) is 0.316. The van der Waals surface area contributed by atoms with Crippen molar-refractivity contribution in [1.82, 2.24) is 20.6 Å². The molecule has 3 rings (SSSR count). The van der Waals surface area contributed by atoms with Gasteiger partial charge in [-0.05, 0) is 30.5 Å². The molecule has 2 amide bonds. The number of hydrogen-bond acceptors (Lipinski definition) is 5. The Morgan fingerprint density at radius 3 is 2.45 bits per heavy atom. The molecule has 152 valence electrons. The zero-order valence-electron chi connectivity index (χ0n) is 15.5. The summed E-state index contributed by atoms with van der Waals surface area (Å²) < 4.78 is 0.927. The van der Waals surface area contributed by atoms with Gasteiger partial charge in [-0.3, -0.25) is 19.2 Å². The zero-order valence-corrected chi connectivity index (χ0v) is 17.1. The van der Waals surface area contributed by atoms with Crippen molar-refractivity contribution in [2.75, 3.05) is 6.54 Å². The average Bonchev–Trinajstić information content (AvgIpc) is 3.46. The lowest BCUT2D eigenvalue weighted by atomic mass is 10.0. The molecule has 1 saturated carbocycles. The predicted octanol–water partition coefficient (Wildman–Crippen LogP) is 1.40. The van der Waals surface area contributed by atoms with Crippen molar-refractivity contribution < 1.29 is 19.5 Å². The van der Waals surface area contributed by atoms with Crippen LogP contribution in [0.5, 0.6) is 0 Å². The number of rotatable bonds is 7. The van der Waals surface area contributed by atoms with E-state index in [2.05, 4.69) is 36.5 Å². The van der Waals surface area contributed by atoms with E-state index in [4.69, 9.17) is 5.11 Å². The fourth-order valence-corrected chi connectivity index (χ4v) is 3.02. The second-order valence-corrected chi connectivity index (χ2v) is 7.88. The van der Waals surface area contributed by atoms with Crippen molar-refractivity contribution >= 4 is 33.7 Å². The maximum absolute atomic E-state index is 12.6. The van der Waals surface area contributed by atoms with Crippen LogP contribution in [0.1, 0.15) is 46.3 Å². The van der Waals surface area contributed by atoms with E-state index in [0.29, 0.717) is 0 Å². The molecular formula is C19H19BrN4O5. The number of nitrogens with one attached hydrogen (secondary N) is 3. The summed E-state index contributed by atoms with van der Waals surface area (Å²) >= 11 is 3.37. The van der Waals surface area contributed by atoms with E-state index >= 15 is 0 Å². The van der Waals surface area contributed by atoms with Gasteiger partial charge in [0.15, 0.2) is 5.82 Å². The standard InChI is InChI=1S/C19H19BrN4O5/c1-10(18(28)29)8-22-17(27)14-21-9-13(15(25)23-14)16(26)24-19(6-7-19)11-2-4-12(20)5-3-11/h2-5,9-10H,6-8H2,1H3,(H,22,27)(H,24,26)(H,28,29)(H,21,23,25)/t10-/m1/s1. The Kier molecular flexibility index (Phi) is 5.83. The van der Waals surface area contributed by atoms with Gasteiger partial charge in [-0.15, -0.1) is 0 Å². The quantitative estimate of drug-likeness (QED) is 0.489. The summed E-state index contributed by atoms with van der Waals surface area (Å²) in [5.41, 5.74) is -0.515. The van der Waals surface area contributed by atoms with Crippen molar-refractivity contribution in [3.05, 3.63) is 62.2 Å². The Bertz CT molecular complexity index is 1010. The molecule has 0 bridgehead atoms. The highest BCUT2D eigenvalue weighted by atomic mass is 79.9. The molecule has 1 fully saturated rings. The Morgan fingerprint density at radius 2 is 1.90 bits per heavy atom. The van der Waals surface area contributed by atoms with Crippen LogP contribution in [-0.4, -0.2) is 39.4 Å². The average molecular weight is 463 g/mol. The van der Waals surface area contributed by atoms with Crippen molar-refractivity contribution in [2.45, 2.75) is 25.3 Å². The third-order valence-electron chi connectivity index (χ3n) is 4.75. The lowest BCUT2D eigenvalue weighted by molar-refractivity contribution is -0.140. The van der Waals surface area contributed by atoms with Crippen LogP contribution < -0.4 is 16.2 Å². The number of carbonyl (C=O) groups excluding carboxylic acids is 2. The first-order valence-corrected chi connectivity index (χ1v) is 9.70. The Morgan fingerprint density at radius 1 is 1.24 bits per heavy atom. The molecule has 1 heterocycles. The molecule has 2 aromatic rings. The third-order valence-corrected chi connectivity index (χ3v) is 5.28. The van der Waals surface area contributed by atoms with Crippen LogP contribution in [0.2, 0.25) is 0 Å². The molecule has 10 heteroatoms. The van der Waals surface area contributed by atoms with Gasteiger partial charge in [-0.1, -0.05) is 35.0 Å². The van der Waals surface area contributed by atoms with Crippen molar-refractivity contribution in [3.63, 3.8) is 0 Å². The van der Waals surface area contributed by atoms with Gasteiger partial charge in [-0.2, -0.15) is 0 Å². The molecule has 0 aliphatic heterocycles. The molecule has 29 heavy (non-hydrogen) atoms. The number of aliphatic carboxylic acids is 1. The van der Waals surface area contributed by atoms with E-state index < -0.39 is 34.8 Å². The SMILES string of the molecule is C[C@H](CNC(=O)c1ncc(C(=O)NC2(c3ccc(Br)cc3)CC2)c(=O)[nH]1)C(=O)O. The smallest absolute Gasteiger partial charge is 0.308 e. The van der Waals surface area contributed by atoms with E-state index in [-0.39, 0.29) is 17.9 Å². The summed E-state index contributed by atoms with van der Waals surface area (Å²) in [4.78, 5) is 53.8. The van der Waals surface area contributed by atoms with Gasteiger partial charge in [0.1, 0.15) is 5.56 Å².